The molecule has 4 N–H and O–H groups in total. The highest BCUT2D eigenvalue weighted by atomic mass is 19.3. The molecule has 0 aliphatic rings. The minimum Gasteiger partial charge on any atom is -0.481 e. The summed E-state index contributed by atoms with van der Waals surface area (Å²) in [7, 11) is 0. The van der Waals surface area contributed by atoms with Crippen LogP contribution in [0.4, 0.5) is 8.78 Å². The monoisotopic (exact) mass is 629 g/mol. The normalized spacial score (nSPS) is 14.6. The lowest BCUT2D eigenvalue weighted by Crippen LogP contribution is -2.62. The maximum absolute atomic E-state index is 15.5. The van der Waals surface area contributed by atoms with Crippen LogP contribution in [0.1, 0.15) is 65.5 Å². The number of halogens is 2. The number of ketones is 1. The third kappa shape index (κ3) is 10.3. The average molecular weight is 630 g/mol. The van der Waals surface area contributed by atoms with E-state index in [0.717, 1.165) is 5.56 Å². The molecule has 0 aliphatic heterocycles. The topological polar surface area (TPSA) is 147 Å². The summed E-state index contributed by atoms with van der Waals surface area (Å²) in [5, 5.41) is 12.3. The number of carbonyl (C=O) groups is 5. The number of imide groups is 1. The molecule has 2 aromatic rings. The van der Waals surface area contributed by atoms with E-state index in [4.69, 9.17) is 5.73 Å². The van der Waals surface area contributed by atoms with E-state index in [9.17, 15) is 29.1 Å². The van der Waals surface area contributed by atoms with Crippen LogP contribution in [-0.4, -0.2) is 63.5 Å². The van der Waals surface area contributed by atoms with E-state index >= 15 is 8.78 Å². The molecule has 45 heavy (non-hydrogen) atoms. The summed E-state index contributed by atoms with van der Waals surface area (Å²) in [6.45, 7) is 8.89. The van der Waals surface area contributed by atoms with E-state index < -0.39 is 77.2 Å². The van der Waals surface area contributed by atoms with Crippen LogP contribution in [0.15, 0.2) is 60.7 Å². The minimum atomic E-state index is -4.00. The number of amides is 3. The molecule has 0 bridgehead atoms. The van der Waals surface area contributed by atoms with Gasteiger partial charge in [0.05, 0.1) is 12.0 Å². The van der Waals surface area contributed by atoms with E-state index in [2.05, 4.69) is 5.32 Å². The Morgan fingerprint density at radius 1 is 0.867 bits per heavy atom. The number of nitrogens with one attached hydrogen (secondary N) is 1. The summed E-state index contributed by atoms with van der Waals surface area (Å²) in [4.78, 5) is 67.0. The fourth-order valence-electron chi connectivity index (χ4n) is 4.99. The lowest BCUT2D eigenvalue weighted by Gasteiger charge is -2.36. The van der Waals surface area contributed by atoms with E-state index in [1.807, 2.05) is 0 Å². The summed E-state index contributed by atoms with van der Waals surface area (Å²) in [6, 6.07) is 12.3. The van der Waals surface area contributed by atoms with Crippen LogP contribution in [0.2, 0.25) is 0 Å². The Balaban J connectivity index is 2.44. The van der Waals surface area contributed by atoms with Gasteiger partial charge in [0.15, 0.2) is 0 Å². The van der Waals surface area contributed by atoms with Crippen molar-refractivity contribution in [3.63, 3.8) is 0 Å². The zero-order valence-corrected chi connectivity index (χ0v) is 26.8. The summed E-state index contributed by atoms with van der Waals surface area (Å²) >= 11 is 0. The first-order valence-corrected chi connectivity index (χ1v) is 15.0. The zero-order chi connectivity index (χ0) is 34.1. The maximum atomic E-state index is 15.5. The first-order chi connectivity index (χ1) is 20.9. The number of carbonyl (C=O) groups excluding carboxylic acids is 4. The molecule has 9 nitrogen and oxygen atoms in total. The second kappa shape index (κ2) is 15.8. The summed E-state index contributed by atoms with van der Waals surface area (Å²) < 4.78 is 30.9. The van der Waals surface area contributed by atoms with Crippen LogP contribution in [0, 0.1) is 17.3 Å². The molecule has 0 fully saturated rings. The molecular formula is C34H45F2N3O6. The second-order valence-corrected chi connectivity index (χ2v) is 12.8. The van der Waals surface area contributed by atoms with Crippen LogP contribution < -0.4 is 11.1 Å². The molecule has 4 atom stereocenters. The molecule has 0 spiro atoms. The third-order valence-electron chi connectivity index (χ3n) is 7.79. The minimum absolute atomic E-state index is 0.169. The molecule has 0 aliphatic carbocycles. The SMILES string of the molecule is CC(C)[C@H](N)C(=O)N(C(=O)CCc1ccccc1)[C@@H](C)C(=O)NC(C(=O)C(F)(F)CCc1ccccc1)C(C(=O)O)C(C)(C)C. The van der Waals surface area contributed by atoms with Gasteiger partial charge in [0.2, 0.25) is 23.5 Å². The van der Waals surface area contributed by atoms with Gasteiger partial charge >= 0.3 is 11.9 Å². The first kappa shape index (κ1) is 37.2. The van der Waals surface area contributed by atoms with Gasteiger partial charge in [0.1, 0.15) is 12.1 Å². The first-order valence-electron chi connectivity index (χ1n) is 15.0. The Labute approximate surface area is 263 Å². The average Bonchev–Trinajstić information content (AvgIpc) is 2.97. The van der Waals surface area contributed by atoms with Crippen molar-refractivity contribution in [1.82, 2.24) is 10.2 Å². The number of rotatable bonds is 15. The van der Waals surface area contributed by atoms with Gasteiger partial charge in [-0.2, -0.15) is 8.78 Å². The number of nitrogens with two attached hydrogens (primary N) is 1. The van der Waals surface area contributed by atoms with Gasteiger partial charge in [-0.05, 0) is 42.2 Å². The van der Waals surface area contributed by atoms with Gasteiger partial charge in [-0.15, -0.1) is 0 Å². The van der Waals surface area contributed by atoms with Crippen molar-refractivity contribution in [2.75, 3.05) is 0 Å². The molecule has 0 saturated carbocycles. The lowest BCUT2D eigenvalue weighted by atomic mass is 9.73. The predicted molar refractivity (Wildman–Crippen MR) is 166 cm³/mol. The van der Waals surface area contributed by atoms with Gasteiger partial charge in [0, 0.05) is 12.8 Å². The Morgan fingerprint density at radius 2 is 1.36 bits per heavy atom. The van der Waals surface area contributed by atoms with Crippen molar-refractivity contribution < 1.29 is 37.9 Å². The van der Waals surface area contributed by atoms with Crippen LogP contribution in [0.25, 0.3) is 0 Å². The van der Waals surface area contributed by atoms with Crippen molar-refractivity contribution in [2.24, 2.45) is 23.0 Å². The number of aryl methyl sites for hydroxylation is 2. The number of benzene rings is 2. The Hall–Kier alpha value is -3.99. The third-order valence-corrected chi connectivity index (χ3v) is 7.79. The highest BCUT2D eigenvalue weighted by molar-refractivity contribution is 6.04. The van der Waals surface area contributed by atoms with Gasteiger partial charge in [-0.1, -0.05) is 95.3 Å². The molecule has 11 heteroatoms. The fourth-order valence-corrected chi connectivity index (χ4v) is 4.99. The Kier molecular flexibility index (Phi) is 13.1. The van der Waals surface area contributed by atoms with Gasteiger partial charge in [-0.3, -0.25) is 28.9 Å². The van der Waals surface area contributed by atoms with Gasteiger partial charge in [-0.25, -0.2) is 0 Å². The Bertz CT molecular complexity index is 1330. The quantitative estimate of drug-likeness (QED) is 0.264. The predicted octanol–water partition coefficient (Wildman–Crippen LogP) is 4.42. The number of hydrogen-bond donors (Lipinski definition) is 3. The fraction of sp³-hybridized carbons (Fsp3) is 0.500. The van der Waals surface area contributed by atoms with Crippen molar-refractivity contribution >= 4 is 29.5 Å². The van der Waals surface area contributed by atoms with E-state index in [1.165, 1.54) is 27.7 Å². The summed E-state index contributed by atoms with van der Waals surface area (Å²) in [6.07, 6.45) is -1.01. The summed E-state index contributed by atoms with van der Waals surface area (Å²) in [5.74, 6) is -12.2. The number of nitrogens with zero attached hydrogens (tertiary/aromatic N) is 1. The van der Waals surface area contributed by atoms with Crippen LogP contribution in [0.5, 0.6) is 0 Å². The van der Waals surface area contributed by atoms with Crippen LogP contribution in [0.3, 0.4) is 0 Å². The summed E-state index contributed by atoms with van der Waals surface area (Å²) in [5.41, 5.74) is 6.18. The zero-order valence-electron chi connectivity index (χ0n) is 26.8. The molecule has 0 aromatic heterocycles. The van der Waals surface area contributed by atoms with E-state index in [-0.39, 0.29) is 19.3 Å². The molecule has 246 valence electrons. The number of carboxylic acids is 1. The molecule has 0 radical (unpaired) electrons. The number of alkyl halides is 2. The molecule has 0 saturated heterocycles. The largest absolute Gasteiger partial charge is 0.481 e. The van der Waals surface area contributed by atoms with Gasteiger partial charge < -0.3 is 16.2 Å². The maximum Gasteiger partial charge on any atom is 0.309 e. The highest BCUT2D eigenvalue weighted by Crippen LogP contribution is 2.34. The second-order valence-electron chi connectivity index (χ2n) is 12.8. The molecule has 0 heterocycles. The molecular weight excluding hydrogens is 584 g/mol. The lowest BCUT2D eigenvalue weighted by molar-refractivity contribution is -0.160. The van der Waals surface area contributed by atoms with Gasteiger partial charge in [0.25, 0.3) is 0 Å². The van der Waals surface area contributed by atoms with E-state index in [1.54, 1.807) is 74.5 Å². The molecule has 2 aromatic carbocycles. The van der Waals surface area contributed by atoms with Crippen molar-refractivity contribution in [3.8, 4) is 0 Å². The number of Topliss-reactive ketones (excluding diaryl/α,β-unsaturated/α-hetero) is 1. The van der Waals surface area contributed by atoms with Crippen molar-refractivity contribution in [1.29, 1.82) is 0 Å². The number of carboxylic acid groups (broad SMARTS) is 1. The molecule has 2 rings (SSSR count). The number of aliphatic carboxylic acids is 1. The van der Waals surface area contributed by atoms with Crippen molar-refractivity contribution in [2.45, 2.75) is 91.3 Å². The Morgan fingerprint density at radius 3 is 1.80 bits per heavy atom. The molecule has 3 amide bonds. The van der Waals surface area contributed by atoms with E-state index in [0.29, 0.717) is 10.5 Å². The smallest absolute Gasteiger partial charge is 0.309 e. The van der Waals surface area contributed by atoms with Crippen molar-refractivity contribution in [3.05, 3.63) is 71.8 Å². The van der Waals surface area contributed by atoms with Crippen LogP contribution in [-0.2, 0) is 36.8 Å². The standard InChI is InChI=1S/C34H45F2N3O6/c1-21(2)27(37)31(43)39(25(40)18-17-23-13-9-7-10-14-23)22(3)30(42)38-28(26(32(44)45)33(4,5)6)29(41)34(35,36)20-19-24-15-11-8-12-16-24/h7-16,21-22,26-28H,17-20,37H2,1-6H3,(H,38,42)(H,44,45)/t22-,26?,27-,28?/m0/s1. The highest BCUT2D eigenvalue weighted by Gasteiger charge is 2.51. The van der Waals surface area contributed by atoms with Crippen LogP contribution >= 0.6 is 0 Å². The molecule has 2 unspecified atom stereocenters. The number of hydrogen-bond acceptors (Lipinski definition) is 6.